The van der Waals surface area contributed by atoms with Gasteiger partial charge in [-0.25, -0.2) is 9.13 Å². The number of unbranched alkanes of at least 4 members (excludes halogenated alkanes) is 14. The first-order valence-electron chi connectivity index (χ1n) is 39.7. The Morgan fingerprint density at radius 2 is 0.491 bits per heavy atom. The molecule has 5 unspecified atom stereocenters. The average molecular weight is 1520 g/mol. The minimum absolute atomic E-state index is 0.0261. The highest BCUT2D eigenvalue weighted by atomic mass is 31.2. The average Bonchev–Trinajstić information content (AvgIpc) is 0.933. The highest BCUT2D eigenvalue weighted by Gasteiger charge is 2.30. The first-order valence-corrected chi connectivity index (χ1v) is 42.7. The van der Waals surface area contributed by atoms with Crippen molar-refractivity contribution < 1.29 is 80.2 Å². The molecule has 17 nitrogen and oxygen atoms in total. The Labute approximate surface area is 640 Å². The fourth-order valence-corrected chi connectivity index (χ4v) is 11.2. The Morgan fingerprint density at radius 1 is 0.274 bits per heavy atom. The van der Waals surface area contributed by atoms with E-state index in [-0.39, 0.29) is 25.7 Å². The van der Waals surface area contributed by atoms with Gasteiger partial charge in [-0.3, -0.25) is 37.3 Å². The Kier molecular flexibility index (Phi) is 72.6. The van der Waals surface area contributed by atoms with Crippen molar-refractivity contribution in [1.82, 2.24) is 0 Å². The lowest BCUT2D eigenvalue weighted by atomic mass is 10.1. The smallest absolute Gasteiger partial charge is 0.462 e. The van der Waals surface area contributed by atoms with Gasteiger partial charge in [-0.15, -0.1) is 0 Å². The number of carbonyl (C=O) groups excluding carboxylic acids is 4. The third-order valence-electron chi connectivity index (χ3n) is 15.5. The van der Waals surface area contributed by atoms with Crippen LogP contribution in [0.4, 0.5) is 0 Å². The van der Waals surface area contributed by atoms with Crippen LogP contribution in [0.5, 0.6) is 0 Å². The zero-order valence-electron chi connectivity index (χ0n) is 65.3. The molecule has 106 heavy (non-hydrogen) atoms. The van der Waals surface area contributed by atoms with Crippen LogP contribution in [-0.2, 0) is 65.4 Å². The van der Waals surface area contributed by atoms with E-state index in [0.717, 1.165) is 186 Å². The molecule has 0 amide bonds. The lowest BCUT2D eigenvalue weighted by molar-refractivity contribution is -0.161. The number of esters is 4. The van der Waals surface area contributed by atoms with Gasteiger partial charge in [-0.05, 0) is 180 Å². The molecule has 3 N–H and O–H groups in total. The van der Waals surface area contributed by atoms with Gasteiger partial charge in [-0.1, -0.05) is 261 Å². The standard InChI is InChI=1S/C87H138O17P2/c1-5-9-13-17-21-25-29-33-36-38-40-42-45-48-51-55-59-63-67-71-84(89)97-77-82(103-86(91)73-69-65-61-57-53-47-32-28-24-20-16-12-8-4)79-101-105(93,94)99-75-81(88)76-100-106(95,96)102-80-83(104-87(92)74-70-66-62-58-54-50-44-35-31-27-23-19-15-11-7-3)78-98-85(90)72-68-64-60-56-52-49-46-43-41-39-37-34-30-26-22-18-14-10-6-2/h9-11,13-16,20-23,25-28,32-37,40-44,48-49,51-52,54,58,81-83,88H,5-8,12,17-19,24,29-31,38-39,45-47,50,53,55-57,59-80H2,1-4H3,(H,93,94)(H,95,96)/b13-9-,14-10-,15-11-,20-16-,25-21-,26-22-,27-23-,32-28-,36-33-,37-34-,42-40-,43-41-,44-35-,51-48-,52-49-,58-54-. The molecule has 0 saturated heterocycles. The van der Waals surface area contributed by atoms with E-state index in [2.05, 4.69) is 222 Å². The maximum atomic E-state index is 13.1. The van der Waals surface area contributed by atoms with Crippen LogP contribution in [0.3, 0.4) is 0 Å². The van der Waals surface area contributed by atoms with Gasteiger partial charge in [-0.2, -0.15) is 0 Å². The predicted octanol–water partition coefficient (Wildman–Crippen LogP) is 23.3. The third kappa shape index (κ3) is 76.1. The van der Waals surface area contributed by atoms with Gasteiger partial charge in [0.15, 0.2) is 12.2 Å². The van der Waals surface area contributed by atoms with Crippen LogP contribution in [0.25, 0.3) is 0 Å². The van der Waals surface area contributed by atoms with E-state index in [1.54, 1.807) is 0 Å². The summed E-state index contributed by atoms with van der Waals surface area (Å²) in [4.78, 5) is 73.0. The summed E-state index contributed by atoms with van der Waals surface area (Å²) in [5, 5.41) is 10.6. The molecule has 0 rings (SSSR count). The molecule has 598 valence electrons. The highest BCUT2D eigenvalue weighted by molar-refractivity contribution is 7.47. The normalized spacial score (nSPS) is 14.9. The van der Waals surface area contributed by atoms with E-state index >= 15 is 0 Å². The maximum Gasteiger partial charge on any atom is 0.472 e. The molecule has 0 saturated carbocycles. The summed E-state index contributed by atoms with van der Waals surface area (Å²) in [5.41, 5.74) is 0. The summed E-state index contributed by atoms with van der Waals surface area (Å²) in [6.45, 7) is 4.29. The van der Waals surface area contributed by atoms with Crippen molar-refractivity contribution in [3.05, 3.63) is 194 Å². The molecule has 0 radical (unpaired) electrons. The summed E-state index contributed by atoms with van der Waals surface area (Å²) in [6, 6.07) is 0. The van der Waals surface area contributed by atoms with Gasteiger partial charge < -0.3 is 33.8 Å². The molecular weight excluding hydrogens is 1380 g/mol. The molecule has 0 aromatic heterocycles. The molecule has 0 fully saturated rings. The van der Waals surface area contributed by atoms with Gasteiger partial charge in [0, 0.05) is 25.7 Å². The van der Waals surface area contributed by atoms with E-state index in [0.29, 0.717) is 32.1 Å². The van der Waals surface area contributed by atoms with Crippen LogP contribution in [0, 0.1) is 0 Å². The van der Waals surface area contributed by atoms with Crippen molar-refractivity contribution in [2.24, 2.45) is 0 Å². The number of hydrogen-bond acceptors (Lipinski definition) is 15. The van der Waals surface area contributed by atoms with Gasteiger partial charge in [0.05, 0.1) is 26.4 Å². The topological polar surface area (TPSA) is 237 Å². The van der Waals surface area contributed by atoms with Gasteiger partial charge in [0.2, 0.25) is 0 Å². The second-order valence-corrected chi connectivity index (χ2v) is 28.4. The number of ether oxygens (including phenoxy) is 4. The SMILES string of the molecule is CC/C=C\C/C=C\C/C=C\C/C=C\C/C=C\CCCCCC(=O)OCC(COP(=O)(O)OCC(O)COP(=O)(O)OCC(COC(=O)CCCCC/C=C\C/C=C\C/C=C\C/C=C\C/C=C\CC)OC(=O)CCCCCCC/C=C\C/C=C\CCC)OC(=O)CCCC/C=C\C/C=C\C/C=C\C/C=C\CC. The lowest BCUT2D eigenvalue weighted by Gasteiger charge is -2.21. The predicted molar refractivity (Wildman–Crippen MR) is 436 cm³/mol. The zero-order valence-corrected chi connectivity index (χ0v) is 67.1. The number of rotatable bonds is 72. The second-order valence-electron chi connectivity index (χ2n) is 25.5. The summed E-state index contributed by atoms with van der Waals surface area (Å²) in [7, 11) is -10.0. The van der Waals surface area contributed by atoms with Crippen LogP contribution < -0.4 is 0 Å². The molecule has 0 spiro atoms. The molecule has 0 bridgehead atoms. The van der Waals surface area contributed by atoms with Crippen LogP contribution in [0.1, 0.15) is 272 Å². The molecule has 0 aliphatic rings. The van der Waals surface area contributed by atoms with Crippen LogP contribution in [0.2, 0.25) is 0 Å². The van der Waals surface area contributed by atoms with Gasteiger partial charge in [0.1, 0.15) is 19.3 Å². The van der Waals surface area contributed by atoms with Gasteiger partial charge >= 0.3 is 39.5 Å². The number of phosphoric ester groups is 2. The largest absolute Gasteiger partial charge is 0.472 e. The molecule has 0 aromatic carbocycles. The number of hydrogen-bond donors (Lipinski definition) is 3. The van der Waals surface area contributed by atoms with E-state index in [1.807, 2.05) is 0 Å². The first-order chi connectivity index (χ1) is 51.7. The van der Waals surface area contributed by atoms with Crippen molar-refractivity contribution in [2.75, 3.05) is 39.6 Å². The fourth-order valence-electron chi connectivity index (χ4n) is 9.59. The van der Waals surface area contributed by atoms with Crippen molar-refractivity contribution >= 4 is 39.5 Å². The first kappa shape index (κ1) is 99.9. The van der Waals surface area contributed by atoms with E-state index in [4.69, 9.17) is 37.0 Å². The maximum absolute atomic E-state index is 13.1. The second kappa shape index (κ2) is 77.1. The van der Waals surface area contributed by atoms with Crippen LogP contribution in [-0.4, -0.2) is 96.7 Å². The molecule has 0 heterocycles. The molecule has 0 aliphatic carbocycles. The van der Waals surface area contributed by atoms with Crippen LogP contribution in [0.15, 0.2) is 194 Å². The number of phosphoric acid groups is 2. The minimum atomic E-state index is -5.01. The minimum Gasteiger partial charge on any atom is -0.462 e. The molecule has 19 heteroatoms. The third-order valence-corrected chi connectivity index (χ3v) is 17.4. The van der Waals surface area contributed by atoms with Crippen molar-refractivity contribution in [3.63, 3.8) is 0 Å². The van der Waals surface area contributed by atoms with Crippen LogP contribution >= 0.6 is 15.6 Å². The Hall–Kier alpha value is -6.10. The summed E-state index contributed by atoms with van der Waals surface area (Å²) < 4.78 is 68.5. The van der Waals surface area contributed by atoms with Gasteiger partial charge in [0.25, 0.3) is 0 Å². The molecule has 0 aliphatic heterocycles. The van der Waals surface area contributed by atoms with E-state index < -0.39 is 97.5 Å². The van der Waals surface area contributed by atoms with Crippen molar-refractivity contribution in [1.29, 1.82) is 0 Å². The zero-order chi connectivity index (χ0) is 77.4. The quantitative estimate of drug-likeness (QED) is 0.0169. The highest BCUT2D eigenvalue weighted by Crippen LogP contribution is 2.45. The summed E-state index contributed by atoms with van der Waals surface area (Å²) >= 11 is 0. The summed E-state index contributed by atoms with van der Waals surface area (Å²) in [5.74, 6) is -2.33. The monoisotopic (exact) mass is 1520 g/mol. The van der Waals surface area contributed by atoms with Crippen molar-refractivity contribution in [3.8, 4) is 0 Å². The fraction of sp³-hybridized carbons (Fsp3) is 0.586. The Morgan fingerprint density at radius 3 is 0.783 bits per heavy atom. The van der Waals surface area contributed by atoms with E-state index in [9.17, 15) is 43.2 Å². The Balaban J connectivity index is 5.47. The number of aliphatic hydroxyl groups excluding tert-OH is 1. The van der Waals surface area contributed by atoms with Crippen molar-refractivity contribution in [2.45, 2.75) is 290 Å². The molecule has 5 atom stereocenters. The number of allylic oxidation sites excluding steroid dienone is 32. The molecular formula is C87H138O17P2. The number of aliphatic hydroxyl groups is 1. The molecule has 0 aromatic rings. The number of carbonyl (C=O) groups is 4. The van der Waals surface area contributed by atoms with E-state index in [1.165, 1.54) is 0 Å². The lowest BCUT2D eigenvalue weighted by Crippen LogP contribution is -2.30. The summed E-state index contributed by atoms with van der Waals surface area (Å²) in [6.07, 6.45) is 94.2. The Bertz CT molecular complexity index is 2780.